The van der Waals surface area contributed by atoms with E-state index in [9.17, 15) is 4.79 Å². The number of benzene rings is 1. The second-order valence-electron chi connectivity index (χ2n) is 7.89. The standard InChI is InChI=1S/C20H28N2O3/c1-24-20(16-5-2-4-15(8-16)19(21)23)17-6-3-7-18(20)11-22(10-17)9-14-12-25-13-14/h2,4-5,8,14,17-18H,3,6-7,9-13H2,1H3,(H2,21,23)/t17-,18+,20+. The monoisotopic (exact) mass is 344 g/mol. The SMILES string of the molecule is CO[C@@]1(c2cccc(C(N)=O)c2)[C@@H]2CCC[C@H]1CN(CC1COC1)C2. The molecule has 1 amide bonds. The number of fused-ring (bicyclic) bond motifs is 2. The molecule has 1 aliphatic carbocycles. The lowest BCUT2D eigenvalue weighted by molar-refractivity contribution is -0.174. The highest BCUT2D eigenvalue weighted by atomic mass is 16.5. The Bertz CT molecular complexity index is 630. The predicted octanol–water partition coefficient (Wildman–Crippen LogP) is 2.01. The summed E-state index contributed by atoms with van der Waals surface area (Å²) >= 11 is 0. The summed E-state index contributed by atoms with van der Waals surface area (Å²) in [5, 5.41) is 0. The Morgan fingerprint density at radius 2 is 2.04 bits per heavy atom. The molecule has 0 aromatic heterocycles. The van der Waals surface area contributed by atoms with Crippen molar-refractivity contribution in [2.45, 2.75) is 24.9 Å². The van der Waals surface area contributed by atoms with Gasteiger partial charge in [-0.3, -0.25) is 4.79 Å². The zero-order chi connectivity index (χ0) is 17.4. The predicted molar refractivity (Wildman–Crippen MR) is 95.2 cm³/mol. The molecular formula is C20H28N2O3. The number of carbonyl (C=O) groups excluding carboxylic acids is 1. The molecule has 4 rings (SSSR count). The number of methoxy groups -OCH3 is 1. The molecule has 3 atom stereocenters. The summed E-state index contributed by atoms with van der Waals surface area (Å²) < 4.78 is 11.6. The quantitative estimate of drug-likeness (QED) is 0.887. The molecule has 3 fully saturated rings. The molecule has 2 N–H and O–H groups in total. The summed E-state index contributed by atoms with van der Waals surface area (Å²) in [5.74, 6) is 1.22. The third-order valence-corrected chi connectivity index (χ3v) is 6.43. The molecule has 2 saturated heterocycles. The summed E-state index contributed by atoms with van der Waals surface area (Å²) in [7, 11) is 1.83. The average Bonchev–Trinajstić information content (AvgIpc) is 2.57. The molecule has 2 heterocycles. The van der Waals surface area contributed by atoms with Crippen molar-refractivity contribution in [2.24, 2.45) is 23.5 Å². The molecule has 2 bridgehead atoms. The number of rotatable bonds is 5. The second kappa shape index (κ2) is 6.71. The van der Waals surface area contributed by atoms with E-state index < -0.39 is 0 Å². The van der Waals surface area contributed by atoms with E-state index >= 15 is 0 Å². The second-order valence-corrected chi connectivity index (χ2v) is 7.89. The maximum absolute atomic E-state index is 11.6. The van der Waals surface area contributed by atoms with E-state index in [0.29, 0.717) is 23.3 Å². The molecule has 0 spiro atoms. The van der Waals surface area contributed by atoms with Crippen LogP contribution in [0, 0.1) is 17.8 Å². The number of hydrogen-bond acceptors (Lipinski definition) is 4. The largest absolute Gasteiger partial charge is 0.381 e. The normalized spacial score (nSPS) is 33.0. The van der Waals surface area contributed by atoms with Gasteiger partial charge in [0, 0.05) is 50.1 Å². The van der Waals surface area contributed by atoms with Gasteiger partial charge < -0.3 is 20.1 Å². The molecule has 0 radical (unpaired) electrons. The average molecular weight is 344 g/mol. The zero-order valence-electron chi connectivity index (χ0n) is 14.9. The maximum Gasteiger partial charge on any atom is 0.248 e. The van der Waals surface area contributed by atoms with E-state index in [1.54, 1.807) is 6.07 Å². The number of piperidine rings is 1. The molecule has 136 valence electrons. The summed E-state index contributed by atoms with van der Waals surface area (Å²) in [6.45, 7) is 5.06. The van der Waals surface area contributed by atoms with Crippen LogP contribution in [0.3, 0.4) is 0 Å². The molecule has 25 heavy (non-hydrogen) atoms. The number of likely N-dealkylation sites (tertiary alicyclic amines) is 1. The van der Waals surface area contributed by atoms with E-state index in [1.807, 2.05) is 19.2 Å². The summed E-state index contributed by atoms with van der Waals surface area (Å²) in [4.78, 5) is 14.3. The fourth-order valence-corrected chi connectivity index (χ4v) is 5.27. The first-order valence-corrected chi connectivity index (χ1v) is 9.39. The Labute approximate surface area is 149 Å². The third kappa shape index (κ3) is 2.88. The highest BCUT2D eigenvalue weighted by molar-refractivity contribution is 5.92. The van der Waals surface area contributed by atoms with Gasteiger partial charge in [-0.2, -0.15) is 0 Å². The van der Waals surface area contributed by atoms with Crippen molar-refractivity contribution in [1.29, 1.82) is 0 Å². The van der Waals surface area contributed by atoms with Crippen molar-refractivity contribution in [1.82, 2.24) is 4.90 Å². The van der Waals surface area contributed by atoms with Crippen LogP contribution in [0.1, 0.15) is 35.2 Å². The van der Waals surface area contributed by atoms with Crippen LogP contribution in [-0.4, -0.2) is 50.8 Å². The smallest absolute Gasteiger partial charge is 0.248 e. The molecule has 5 heteroatoms. The van der Waals surface area contributed by atoms with Crippen LogP contribution < -0.4 is 5.73 Å². The molecule has 1 saturated carbocycles. The third-order valence-electron chi connectivity index (χ3n) is 6.43. The lowest BCUT2D eigenvalue weighted by Crippen LogP contribution is -2.60. The minimum Gasteiger partial charge on any atom is -0.381 e. The minimum atomic E-state index is -0.374. The number of hydrogen-bond donors (Lipinski definition) is 1. The van der Waals surface area contributed by atoms with E-state index in [0.717, 1.165) is 38.4 Å². The van der Waals surface area contributed by atoms with Crippen LogP contribution in [0.2, 0.25) is 0 Å². The minimum absolute atomic E-state index is 0.295. The van der Waals surface area contributed by atoms with Crippen LogP contribution in [0.15, 0.2) is 24.3 Å². The van der Waals surface area contributed by atoms with Crippen molar-refractivity contribution < 1.29 is 14.3 Å². The van der Waals surface area contributed by atoms with Gasteiger partial charge in [0.2, 0.25) is 5.91 Å². The van der Waals surface area contributed by atoms with Gasteiger partial charge >= 0.3 is 0 Å². The van der Waals surface area contributed by atoms with Gasteiger partial charge in [-0.25, -0.2) is 0 Å². The molecule has 5 nitrogen and oxygen atoms in total. The number of primary amides is 1. The fraction of sp³-hybridized carbons (Fsp3) is 0.650. The number of nitrogens with two attached hydrogens (primary N) is 1. The summed E-state index contributed by atoms with van der Waals surface area (Å²) in [5.41, 5.74) is 6.90. The van der Waals surface area contributed by atoms with E-state index in [4.69, 9.17) is 15.2 Å². The molecule has 1 aromatic carbocycles. The van der Waals surface area contributed by atoms with Gasteiger partial charge in [0.05, 0.1) is 13.2 Å². The Morgan fingerprint density at radius 1 is 1.32 bits per heavy atom. The van der Waals surface area contributed by atoms with Crippen molar-refractivity contribution in [3.63, 3.8) is 0 Å². The van der Waals surface area contributed by atoms with Gasteiger partial charge in [-0.15, -0.1) is 0 Å². The van der Waals surface area contributed by atoms with E-state index in [-0.39, 0.29) is 11.5 Å². The Hall–Kier alpha value is -1.43. The van der Waals surface area contributed by atoms with Crippen LogP contribution >= 0.6 is 0 Å². The number of carbonyl (C=O) groups is 1. The van der Waals surface area contributed by atoms with Gasteiger partial charge in [0.1, 0.15) is 5.60 Å². The van der Waals surface area contributed by atoms with Gasteiger partial charge in [-0.1, -0.05) is 18.6 Å². The summed E-state index contributed by atoms with van der Waals surface area (Å²) in [6, 6.07) is 7.78. The lowest BCUT2D eigenvalue weighted by atomic mass is 9.62. The van der Waals surface area contributed by atoms with Gasteiger partial charge in [0.25, 0.3) is 0 Å². The Morgan fingerprint density at radius 3 is 2.60 bits per heavy atom. The van der Waals surface area contributed by atoms with E-state index in [2.05, 4.69) is 11.0 Å². The first-order valence-electron chi connectivity index (χ1n) is 9.39. The van der Waals surface area contributed by atoms with Crippen LogP contribution in [0.25, 0.3) is 0 Å². The van der Waals surface area contributed by atoms with Crippen molar-refractivity contribution in [3.05, 3.63) is 35.4 Å². The Balaban J connectivity index is 1.64. The maximum atomic E-state index is 11.6. The molecular weight excluding hydrogens is 316 g/mol. The van der Waals surface area contributed by atoms with Crippen LogP contribution in [0.5, 0.6) is 0 Å². The lowest BCUT2D eigenvalue weighted by Gasteiger charge is -2.56. The first-order chi connectivity index (χ1) is 12.1. The van der Waals surface area contributed by atoms with Gasteiger partial charge in [0.15, 0.2) is 0 Å². The van der Waals surface area contributed by atoms with Crippen molar-refractivity contribution in [3.8, 4) is 0 Å². The molecule has 1 aromatic rings. The number of ether oxygens (including phenoxy) is 2. The Kier molecular flexibility index (Phi) is 4.56. The number of nitrogens with zero attached hydrogens (tertiary/aromatic N) is 1. The topological polar surface area (TPSA) is 64.8 Å². The van der Waals surface area contributed by atoms with Crippen molar-refractivity contribution >= 4 is 5.91 Å². The van der Waals surface area contributed by atoms with Crippen LogP contribution in [0.4, 0.5) is 0 Å². The fourth-order valence-electron chi connectivity index (χ4n) is 5.27. The number of amides is 1. The highest BCUT2D eigenvalue weighted by Crippen LogP contribution is 2.51. The molecule has 0 unspecified atom stereocenters. The van der Waals surface area contributed by atoms with Crippen LogP contribution in [-0.2, 0) is 15.1 Å². The molecule has 3 aliphatic rings. The van der Waals surface area contributed by atoms with E-state index in [1.165, 1.54) is 19.3 Å². The highest BCUT2D eigenvalue weighted by Gasteiger charge is 2.53. The van der Waals surface area contributed by atoms with Gasteiger partial charge in [-0.05, 0) is 30.5 Å². The first kappa shape index (κ1) is 17.0. The zero-order valence-corrected chi connectivity index (χ0v) is 14.9. The molecule has 2 aliphatic heterocycles. The van der Waals surface area contributed by atoms with Crippen molar-refractivity contribution in [2.75, 3.05) is 40.0 Å². The summed E-state index contributed by atoms with van der Waals surface area (Å²) in [6.07, 6.45) is 3.60.